The SMILES string of the molecule is COC(=O)[C@H]1C[C@H](OC(=O)N2Cc3cccc(Cl)c3C2)CN1C(=O)OC(C)(C)C. The van der Waals surface area contributed by atoms with E-state index in [2.05, 4.69) is 0 Å². The van der Waals surface area contributed by atoms with Crippen LogP contribution in [0.25, 0.3) is 0 Å². The molecule has 0 unspecified atom stereocenters. The molecule has 0 saturated carbocycles. The second-order valence-corrected chi connectivity index (χ2v) is 8.55. The number of amides is 2. The Balaban J connectivity index is 1.65. The van der Waals surface area contributed by atoms with Crippen LogP contribution in [-0.4, -0.2) is 59.4 Å². The molecule has 0 N–H and O–H groups in total. The number of carbonyl (C=O) groups excluding carboxylic acids is 3. The van der Waals surface area contributed by atoms with Gasteiger partial charge in [-0.25, -0.2) is 14.4 Å². The maximum absolute atomic E-state index is 12.6. The molecular formula is C20H25ClN2O6. The Labute approximate surface area is 174 Å². The number of rotatable bonds is 2. The molecular weight excluding hydrogens is 400 g/mol. The van der Waals surface area contributed by atoms with Crippen LogP contribution in [-0.2, 0) is 32.1 Å². The van der Waals surface area contributed by atoms with Gasteiger partial charge >= 0.3 is 18.2 Å². The fourth-order valence-electron chi connectivity index (χ4n) is 3.49. The number of likely N-dealkylation sites (tertiary alicyclic amines) is 1. The maximum atomic E-state index is 12.6. The van der Waals surface area contributed by atoms with Gasteiger partial charge < -0.3 is 14.2 Å². The lowest BCUT2D eigenvalue weighted by atomic mass is 10.1. The summed E-state index contributed by atoms with van der Waals surface area (Å²) >= 11 is 6.20. The second-order valence-electron chi connectivity index (χ2n) is 8.15. The van der Waals surface area contributed by atoms with Gasteiger partial charge in [-0.3, -0.25) is 9.80 Å². The van der Waals surface area contributed by atoms with Crippen molar-refractivity contribution in [3.8, 4) is 0 Å². The van der Waals surface area contributed by atoms with Crippen molar-refractivity contribution in [3.63, 3.8) is 0 Å². The molecule has 2 heterocycles. The Morgan fingerprint density at radius 1 is 1.14 bits per heavy atom. The summed E-state index contributed by atoms with van der Waals surface area (Å²) in [5.41, 5.74) is 1.16. The summed E-state index contributed by atoms with van der Waals surface area (Å²) in [7, 11) is 1.25. The smallest absolute Gasteiger partial charge is 0.411 e. The molecule has 2 atom stereocenters. The van der Waals surface area contributed by atoms with Crippen molar-refractivity contribution in [2.75, 3.05) is 13.7 Å². The standard InChI is InChI=1S/C20H25ClN2O6/c1-20(2,3)29-19(26)23-10-13(8-16(23)17(24)27-4)28-18(25)22-9-12-6-5-7-15(21)14(12)11-22/h5-7,13,16H,8-11H2,1-4H3/t13-,16+/m0/s1. The number of hydrogen-bond donors (Lipinski definition) is 0. The van der Waals surface area contributed by atoms with Crippen molar-refractivity contribution in [2.24, 2.45) is 0 Å². The molecule has 2 amide bonds. The summed E-state index contributed by atoms with van der Waals surface area (Å²) in [5.74, 6) is -0.574. The lowest BCUT2D eigenvalue weighted by molar-refractivity contribution is -0.145. The van der Waals surface area contributed by atoms with Crippen LogP contribution < -0.4 is 0 Å². The highest BCUT2D eigenvalue weighted by Gasteiger charge is 2.44. The molecule has 1 fully saturated rings. The summed E-state index contributed by atoms with van der Waals surface area (Å²) in [6.07, 6.45) is -1.65. The van der Waals surface area contributed by atoms with Crippen molar-refractivity contribution in [1.82, 2.24) is 9.80 Å². The fraction of sp³-hybridized carbons (Fsp3) is 0.550. The predicted molar refractivity (Wildman–Crippen MR) is 104 cm³/mol. The van der Waals surface area contributed by atoms with Gasteiger partial charge in [0.15, 0.2) is 0 Å². The average molecular weight is 425 g/mol. The number of hydrogen-bond acceptors (Lipinski definition) is 6. The van der Waals surface area contributed by atoms with Crippen molar-refractivity contribution >= 4 is 29.8 Å². The highest BCUT2D eigenvalue weighted by Crippen LogP contribution is 2.30. The normalized spacial score (nSPS) is 21.0. The van der Waals surface area contributed by atoms with Crippen molar-refractivity contribution in [2.45, 2.75) is 58.0 Å². The van der Waals surface area contributed by atoms with Gasteiger partial charge in [-0.05, 0) is 38.0 Å². The lowest BCUT2D eigenvalue weighted by Gasteiger charge is -2.27. The lowest BCUT2D eigenvalue weighted by Crippen LogP contribution is -2.44. The maximum Gasteiger partial charge on any atom is 0.411 e. The predicted octanol–water partition coefficient (Wildman–Crippen LogP) is 3.34. The summed E-state index contributed by atoms with van der Waals surface area (Å²) < 4.78 is 15.8. The summed E-state index contributed by atoms with van der Waals surface area (Å²) in [6.45, 7) is 6.03. The zero-order valence-electron chi connectivity index (χ0n) is 16.9. The minimum atomic E-state index is -0.863. The van der Waals surface area contributed by atoms with Gasteiger partial charge in [-0.1, -0.05) is 23.7 Å². The van der Waals surface area contributed by atoms with Crippen LogP contribution in [0.5, 0.6) is 0 Å². The van der Waals surface area contributed by atoms with Crippen LogP contribution >= 0.6 is 11.6 Å². The molecule has 8 nitrogen and oxygen atoms in total. The van der Waals surface area contributed by atoms with Crippen LogP contribution in [0.1, 0.15) is 38.3 Å². The van der Waals surface area contributed by atoms with E-state index in [9.17, 15) is 14.4 Å². The largest absolute Gasteiger partial charge is 0.467 e. The van der Waals surface area contributed by atoms with E-state index < -0.39 is 35.9 Å². The van der Waals surface area contributed by atoms with Gasteiger partial charge in [0.25, 0.3) is 0 Å². The zero-order valence-corrected chi connectivity index (χ0v) is 17.7. The summed E-state index contributed by atoms with van der Waals surface area (Å²) in [4.78, 5) is 40.1. The van der Waals surface area contributed by atoms with Gasteiger partial charge in [0.05, 0.1) is 20.2 Å². The van der Waals surface area contributed by atoms with Crippen molar-refractivity contribution in [1.29, 1.82) is 0 Å². The molecule has 0 aromatic heterocycles. The van der Waals surface area contributed by atoms with E-state index in [1.54, 1.807) is 31.7 Å². The topological polar surface area (TPSA) is 85.4 Å². The van der Waals surface area contributed by atoms with Gasteiger partial charge in [0.2, 0.25) is 0 Å². The first-order valence-electron chi connectivity index (χ1n) is 9.38. The monoisotopic (exact) mass is 424 g/mol. The minimum absolute atomic E-state index is 0.0575. The summed E-state index contributed by atoms with van der Waals surface area (Å²) in [6, 6.07) is 4.68. The number of methoxy groups -OCH3 is 1. The molecule has 1 aromatic rings. The van der Waals surface area contributed by atoms with Crippen molar-refractivity contribution in [3.05, 3.63) is 34.3 Å². The van der Waals surface area contributed by atoms with Gasteiger partial charge in [0.1, 0.15) is 17.7 Å². The third kappa shape index (κ3) is 4.75. The highest BCUT2D eigenvalue weighted by atomic mass is 35.5. The number of fused-ring (bicyclic) bond motifs is 1. The van der Waals surface area contributed by atoms with Gasteiger partial charge in [0, 0.05) is 18.0 Å². The van der Waals surface area contributed by atoms with E-state index in [1.165, 1.54) is 12.0 Å². The Bertz CT molecular complexity index is 822. The number of carbonyl (C=O) groups is 3. The first-order valence-corrected chi connectivity index (χ1v) is 9.76. The summed E-state index contributed by atoms with van der Waals surface area (Å²) in [5, 5.41) is 0.612. The molecule has 29 heavy (non-hydrogen) atoms. The number of halogens is 1. The third-order valence-electron chi connectivity index (χ3n) is 4.82. The first kappa shape index (κ1) is 21.2. The Hall–Kier alpha value is -2.48. The molecule has 1 aromatic carbocycles. The van der Waals surface area contributed by atoms with Gasteiger partial charge in [-0.2, -0.15) is 0 Å². The number of nitrogens with zero attached hydrogens (tertiary/aromatic N) is 2. The highest BCUT2D eigenvalue weighted by molar-refractivity contribution is 6.31. The quantitative estimate of drug-likeness (QED) is 0.534. The van der Waals surface area contributed by atoms with E-state index >= 15 is 0 Å². The Morgan fingerprint density at radius 3 is 2.48 bits per heavy atom. The van der Waals surface area contributed by atoms with Crippen molar-refractivity contribution < 1.29 is 28.6 Å². The molecule has 9 heteroatoms. The number of benzene rings is 1. The zero-order chi connectivity index (χ0) is 21.3. The molecule has 2 aliphatic heterocycles. The fourth-order valence-corrected chi connectivity index (χ4v) is 3.75. The van der Waals surface area contributed by atoms with E-state index in [0.717, 1.165) is 11.1 Å². The Kier molecular flexibility index (Phi) is 5.93. The molecule has 0 aliphatic carbocycles. The Morgan fingerprint density at radius 2 is 1.86 bits per heavy atom. The van der Waals surface area contributed by atoms with Crippen LogP contribution in [0, 0.1) is 0 Å². The minimum Gasteiger partial charge on any atom is -0.467 e. The number of ether oxygens (including phenoxy) is 3. The molecule has 158 valence electrons. The third-order valence-corrected chi connectivity index (χ3v) is 5.17. The van der Waals surface area contributed by atoms with E-state index in [4.69, 9.17) is 25.8 Å². The van der Waals surface area contributed by atoms with Gasteiger partial charge in [-0.15, -0.1) is 0 Å². The molecule has 0 radical (unpaired) electrons. The number of esters is 1. The molecule has 0 spiro atoms. The molecule has 1 saturated heterocycles. The first-order chi connectivity index (χ1) is 13.6. The molecule has 2 aliphatic rings. The molecule has 0 bridgehead atoms. The second kappa shape index (κ2) is 8.10. The molecule has 3 rings (SSSR count). The van der Waals surface area contributed by atoms with E-state index in [0.29, 0.717) is 18.1 Å². The van der Waals surface area contributed by atoms with Crippen LogP contribution in [0.2, 0.25) is 5.02 Å². The van der Waals surface area contributed by atoms with Crippen LogP contribution in [0.3, 0.4) is 0 Å². The average Bonchev–Trinajstić information content (AvgIpc) is 3.25. The van der Waals surface area contributed by atoms with E-state index in [1.807, 2.05) is 12.1 Å². The van der Waals surface area contributed by atoms with E-state index in [-0.39, 0.29) is 13.0 Å². The van der Waals surface area contributed by atoms with Crippen LogP contribution in [0.15, 0.2) is 18.2 Å². The van der Waals surface area contributed by atoms with Crippen LogP contribution in [0.4, 0.5) is 9.59 Å².